The monoisotopic (exact) mass is 632 g/mol. The molecule has 1 aliphatic rings. The van der Waals surface area contributed by atoms with Crippen molar-refractivity contribution in [2.24, 2.45) is 17.2 Å². The summed E-state index contributed by atoms with van der Waals surface area (Å²) in [5.41, 5.74) is 16.4. The molecule has 1 fully saturated rings. The average Bonchev–Trinajstić information content (AvgIpc) is 3.49. The Morgan fingerprint density at radius 3 is 2.04 bits per heavy atom. The lowest BCUT2D eigenvalue weighted by molar-refractivity contribution is -0.142. The third-order valence-corrected chi connectivity index (χ3v) is 7.01. The Bertz CT molecular complexity index is 1260. The SMILES string of the molecule is NCC(=O)N1CCC[C@H]1C(=O)N[C@@H](CCC(N)=O)C(=O)NCC(=O)N[C@@H](Cc1ccccc1)C(=O)N[C@@H](CCC(N)=O)C(=O)O. The predicted molar refractivity (Wildman–Crippen MR) is 157 cm³/mol. The highest BCUT2D eigenvalue weighted by Crippen LogP contribution is 2.18. The Morgan fingerprint density at radius 1 is 0.844 bits per heavy atom. The second-order valence-corrected chi connectivity index (χ2v) is 10.4. The number of carboxylic acids is 1. The Kier molecular flexibility index (Phi) is 14.4. The van der Waals surface area contributed by atoms with E-state index in [1.54, 1.807) is 30.3 Å². The summed E-state index contributed by atoms with van der Waals surface area (Å²) in [5, 5.41) is 19.1. The first kappa shape index (κ1) is 36.1. The van der Waals surface area contributed by atoms with E-state index >= 15 is 0 Å². The largest absolute Gasteiger partial charge is 0.480 e. The normalized spacial score (nSPS) is 16.0. The zero-order chi connectivity index (χ0) is 33.5. The summed E-state index contributed by atoms with van der Waals surface area (Å²) in [5.74, 6) is -6.45. The molecule has 4 atom stereocenters. The minimum Gasteiger partial charge on any atom is -0.480 e. The van der Waals surface area contributed by atoms with E-state index in [0.29, 0.717) is 24.9 Å². The average molecular weight is 633 g/mol. The number of hydrogen-bond acceptors (Lipinski definition) is 9. The van der Waals surface area contributed by atoms with Gasteiger partial charge >= 0.3 is 5.97 Å². The van der Waals surface area contributed by atoms with Crippen LogP contribution in [0.15, 0.2) is 30.3 Å². The van der Waals surface area contributed by atoms with Crippen molar-refractivity contribution in [2.45, 2.75) is 69.1 Å². The summed E-state index contributed by atoms with van der Waals surface area (Å²) < 4.78 is 0. The van der Waals surface area contributed by atoms with Crippen molar-refractivity contribution in [3.05, 3.63) is 35.9 Å². The van der Waals surface area contributed by atoms with Crippen LogP contribution in [0, 0.1) is 0 Å². The van der Waals surface area contributed by atoms with Crippen molar-refractivity contribution >= 4 is 47.3 Å². The third kappa shape index (κ3) is 12.2. The van der Waals surface area contributed by atoms with Crippen LogP contribution in [0.25, 0.3) is 0 Å². The van der Waals surface area contributed by atoms with Crippen molar-refractivity contribution in [3.63, 3.8) is 0 Å². The maximum atomic E-state index is 13.1. The van der Waals surface area contributed by atoms with Gasteiger partial charge in [0, 0.05) is 25.8 Å². The van der Waals surface area contributed by atoms with Crippen LogP contribution in [0.2, 0.25) is 0 Å². The van der Waals surface area contributed by atoms with Crippen LogP contribution in [-0.2, 0) is 44.8 Å². The number of carbonyl (C=O) groups excluding carboxylic acids is 7. The maximum Gasteiger partial charge on any atom is 0.326 e. The van der Waals surface area contributed by atoms with E-state index in [-0.39, 0.29) is 38.6 Å². The predicted octanol–water partition coefficient (Wildman–Crippen LogP) is -3.63. The number of carbonyl (C=O) groups is 8. The second kappa shape index (κ2) is 17.9. The van der Waals surface area contributed by atoms with E-state index in [1.165, 1.54) is 4.90 Å². The number of nitrogens with one attached hydrogen (secondary N) is 4. The number of benzene rings is 1. The number of aliphatic carboxylic acids is 1. The van der Waals surface area contributed by atoms with Gasteiger partial charge in [0.25, 0.3) is 0 Å². The first-order valence-electron chi connectivity index (χ1n) is 14.3. The Balaban J connectivity index is 2.10. The van der Waals surface area contributed by atoms with Crippen molar-refractivity contribution in [1.29, 1.82) is 0 Å². The standard InChI is InChI=1S/C28H40N8O9/c29-14-24(40)36-12-4-7-20(36)27(43)34-17(8-10-21(30)37)25(41)32-15-23(39)33-19(13-16-5-2-1-3-6-16)26(42)35-18(28(44)45)9-11-22(31)38/h1-3,5-6,17-20H,4,7-15,29H2,(H2,30,37)(H2,31,38)(H,32,41)(H,33,39)(H,34,43)(H,35,42)(H,44,45)/t17-,18-,19-,20-/m0/s1. The molecule has 0 radical (unpaired) electrons. The molecule has 0 unspecified atom stereocenters. The fraction of sp³-hybridized carbons (Fsp3) is 0.500. The molecule has 0 spiro atoms. The molecule has 1 heterocycles. The molecular formula is C28H40N8O9. The summed E-state index contributed by atoms with van der Waals surface area (Å²) >= 11 is 0. The topological polar surface area (TPSA) is 286 Å². The lowest BCUT2D eigenvalue weighted by Gasteiger charge is -2.26. The first-order chi connectivity index (χ1) is 21.3. The molecule has 1 aromatic carbocycles. The van der Waals surface area contributed by atoms with Gasteiger partial charge in [-0.05, 0) is 31.2 Å². The molecule has 246 valence electrons. The molecule has 1 aliphatic heterocycles. The van der Waals surface area contributed by atoms with E-state index in [2.05, 4.69) is 21.3 Å². The maximum absolute atomic E-state index is 13.1. The zero-order valence-electron chi connectivity index (χ0n) is 24.7. The van der Waals surface area contributed by atoms with Crippen LogP contribution in [-0.4, -0.2) is 101 Å². The molecule has 1 saturated heterocycles. The molecule has 17 nitrogen and oxygen atoms in total. The molecule has 0 aromatic heterocycles. The van der Waals surface area contributed by atoms with Gasteiger partial charge in [0.15, 0.2) is 0 Å². The number of nitrogens with zero attached hydrogens (tertiary/aromatic N) is 1. The van der Waals surface area contributed by atoms with E-state index in [1.807, 2.05) is 0 Å². The summed E-state index contributed by atoms with van der Waals surface area (Å²) in [6.45, 7) is -0.619. The fourth-order valence-electron chi connectivity index (χ4n) is 4.69. The number of hydrogen-bond donors (Lipinski definition) is 8. The Morgan fingerprint density at radius 2 is 1.47 bits per heavy atom. The minimum atomic E-state index is -1.45. The van der Waals surface area contributed by atoms with Gasteiger partial charge in [0.1, 0.15) is 24.2 Å². The minimum absolute atomic E-state index is 0.0365. The van der Waals surface area contributed by atoms with Crippen molar-refractivity contribution in [1.82, 2.24) is 26.2 Å². The van der Waals surface area contributed by atoms with Gasteiger partial charge in [-0.3, -0.25) is 33.6 Å². The highest BCUT2D eigenvalue weighted by Gasteiger charge is 2.35. The zero-order valence-corrected chi connectivity index (χ0v) is 24.7. The number of primary amides is 2. The van der Waals surface area contributed by atoms with Gasteiger partial charge in [0.2, 0.25) is 41.4 Å². The summed E-state index contributed by atoms with van der Waals surface area (Å²) in [4.78, 5) is 99.4. The smallest absolute Gasteiger partial charge is 0.326 e. The molecule has 1 aromatic rings. The lowest BCUT2D eigenvalue weighted by Crippen LogP contribution is -2.56. The van der Waals surface area contributed by atoms with Gasteiger partial charge < -0.3 is 48.5 Å². The van der Waals surface area contributed by atoms with Gasteiger partial charge in [-0.25, -0.2) is 4.79 Å². The van der Waals surface area contributed by atoms with Crippen molar-refractivity contribution in [3.8, 4) is 0 Å². The highest BCUT2D eigenvalue weighted by atomic mass is 16.4. The summed E-state index contributed by atoms with van der Waals surface area (Å²) in [6.07, 6.45) is -0.151. The number of nitrogens with two attached hydrogens (primary N) is 3. The van der Waals surface area contributed by atoms with Crippen LogP contribution in [0.5, 0.6) is 0 Å². The molecular weight excluding hydrogens is 592 g/mol. The molecule has 0 aliphatic carbocycles. The van der Waals surface area contributed by atoms with Crippen molar-refractivity contribution < 1.29 is 43.5 Å². The molecule has 45 heavy (non-hydrogen) atoms. The Hall–Kier alpha value is -5.06. The lowest BCUT2D eigenvalue weighted by atomic mass is 10.0. The van der Waals surface area contributed by atoms with E-state index in [0.717, 1.165) is 0 Å². The summed E-state index contributed by atoms with van der Waals surface area (Å²) in [7, 11) is 0. The second-order valence-electron chi connectivity index (χ2n) is 10.4. The molecule has 0 saturated carbocycles. The quantitative estimate of drug-likeness (QED) is 0.0785. The number of amides is 7. The van der Waals surface area contributed by atoms with Gasteiger partial charge in [-0.15, -0.1) is 0 Å². The molecule has 7 amide bonds. The third-order valence-electron chi connectivity index (χ3n) is 7.01. The number of rotatable bonds is 18. The molecule has 17 heteroatoms. The van der Waals surface area contributed by atoms with Crippen LogP contribution in [0.3, 0.4) is 0 Å². The van der Waals surface area contributed by atoms with Crippen LogP contribution < -0.4 is 38.5 Å². The van der Waals surface area contributed by atoms with Crippen LogP contribution in [0.4, 0.5) is 0 Å². The van der Waals surface area contributed by atoms with Gasteiger partial charge in [-0.1, -0.05) is 30.3 Å². The van der Waals surface area contributed by atoms with Gasteiger partial charge in [0.05, 0.1) is 13.1 Å². The van der Waals surface area contributed by atoms with E-state index in [4.69, 9.17) is 17.2 Å². The molecule has 0 bridgehead atoms. The van der Waals surface area contributed by atoms with Crippen LogP contribution in [0.1, 0.15) is 44.1 Å². The summed E-state index contributed by atoms with van der Waals surface area (Å²) in [6, 6.07) is 3.67. The Labute approximate surface area is 259 Å². The van der Waals surface area contributed by atoms with Gasteiger partial charge in [-0.2, -0.15) is 0 Å². The molecule has 11 N–H and O–H groups in total. The van der Waals surface area contributed by atoms with E-state index in [9.17, 15) is 43.5 Å². The number of carboxylic acid groups (broad SMARTS) is 1. The molecule has 2 rings (SSSR count). The first-order valence-corrected chi connectivity index (χ1v) is 14.3. The highest BCUT2D eigenvalue weighted by molar-refractivity contribution is 5.95. The fourth-order valence-corrected chi connectivity index (χ4v) is 4.69. The number of likely N-dealkylation sites (tertiary alicyclic amines) is 1. The van der Waals surface area contributed by atoms with E-state index < -0.39 is 78.0 Å². The van der Waals surface area contributed by atoms with Crippen LogP contribution >= 0.6 is 0 Å². The van der Waals surface area contributed by atoms with Crippen molar-refractivity contribution in [2.75, 3.05) is 19.6 Å².